The first kappa shape index (κ1) is 15.8. The maximum absolute atomic E-state index is 11.1. The maximum atomic E-state index is 11.1. The number of rotatable bonds is 4. The van der Waals surface area contributed by atoms with Crippen LogP contribution >= 0.6 is 11.6 Å². The molecule has 0 fully saturated rings. The second-order valence-electron chi connectivity index (χ2n) is 4.88. The van der Waals surface area contributed by atoms with Crippen molar-refractivity contribution in [3.05, 3.63) is 46.0 Å². The predicted molar refractivity (Wildman–Crippen MR) is 84.4 cm³/mol. The first-order chi connectivity index (χ1) is 10.3. The van der Waals surface area contributed by atoms with Crippen molar-refractivity contribution in [2.45, 2.75) is 20.4 Å². The molecule has 0 amide bonds. The van der Waals surface area contributed by atoms with Gasteiger partial charge in [-0.1, -0.05) is 11.6 Å². The van der Waals surface area contributed by atoms with Crippen LogP contribution < -0.4 is 11.5 Å². The third-order valence-electron chi connectivity index (χ3n) is 3.00. The quantitative estimate of drug-likeness (QED) is 0.738. The number of nitrogens with two attached hydrogens (primary N) is 2. The smallest absolute Gasteiger partial charge is 0.338 e. The van der Waals surface area contributed by atoms with Crippen molar-refractivity contribution >= 4 is 28.6 Å². The van der Waals surface area contributed by atoms with Crippen LogP contribution in [0.4, 0.5) is 0 Å². The molecule has 5 N–H and O–H groups in total. The molecule has 2 rings (SSSR count). The van der Waals surface area contributed by atoms with E-state index in [1.165, 1.54) is 6.20 Å². The highest BCUT2D eigenvalue weighted by atomic mass is 35.5. The lowest BCUT2D eigenvalue weighted by Crippen LogP contribution is -2.10. The minimum atomic E-state index is -1.13. The van der Waals surface area contributed by atoms with E-state index in [0.29, 0.717) is 34.7 Å². The molecule has 22 heavy (non-hydrogen) atoms. The molecule has 0 aromatic carbocycles. The Bertz CT molecular complexity index is 803. The summed E-state index contributed by atoms with van der Waals surface area (Å²) in [4.78, 5) is 15.3. The average Bonchev–Trinajstić information content (AvgIpc) is 2.73. The van der Waals surface area contributed by atoms with Crippen LogP contribution in [0.3, 0.4) is 0 Å². The number of fused-ring (bicyclic) bond motifs is 1. The Morgan fingerprint density at radius 3 is 2.73 bits per heavy atom. The summed E-state index contributed by atoms with van der Waals surface area (Å²) in [6.07, 6.45) is 4.59. The Kier molecular flexibility index (Phi) is 4.37. The van der Waals surface area contributed by atoms with E-state index in [4.69, 9.17) is 28.2 Å². The molecule has 0 saturated carbocycles. The number of hydrogen-bond donors (Lipinski definition) is 3. The van der Waals surface area contributed by atoms with E-state index in [0.717, 1.165) is 0 Å². The third-order valence-corrected chi connectivity index (χ3v) is 3.39. The van der Waals surface area contributed by atoms with Crippen molar-refractivity contribution in [3.8, 4) is 0 Å². The Morgan fingerprint density at radius 1 is 1.45 bits per heavy atom. The fraction of sp³-hybridized carbons (Fsp3) is 0.214. The van der Waals surface area contributed by atoms with Crippen molar-refractivity contribution in [3.63, 3.8) is 0 Å². The van der Waals surface area contributed by atoms with Crippen molar-refractivity contribution < 1.29 is 9.90 Å². The number of carboxylic acids is 1. The third kappa shape index (κ3) is 3.04. The van der Waals surface area contributed by atoms with Gasteiger partial charge in [0.25, 0.3) is 0 Å². The summed E-state index contributed by atoms with van der Waals surface area (Å²) >= 11 is 6.15. The maximum Gasteiger partial charge on any atom is 0.338 e. The SMILES string of the molecule is C/C(N)=C/C=C(\N)Cn1nc(C)c2c(Cl)c(C(=O)O)cnc21. The van der Waals surface area contributed by atoms with Gasteiger partial charge in [0.2, 0.25) is 0 Å². The number of carbonyl (C=O) groups is 1. The highest BCUT2D eigenvalue weighted by Gasteiger charge is 2.18. The van der Waals surface area contributed by atoms with Gasteiger partial charge in [0, 0.05) is 17.6 Å². The summed E-state index contributed by atoms with van der Waals surface area (Å²) in [6, 6.07) is 0. The van der Waals surface area contributed by atoms with Gasteiger partial charge in [-0.3, -0.25) is 0 Å². The summed E-state index contributed by atoms with van der Waals surface area (Å²) in [7, 11) is 0. The van der Waals surface area contributed by atoms with Crippen molar-refractivity contribution in [1.82, 2.24) is 14.8 Å². The molecular formula is C14H16ClN5O2. The fourth-order valence-corrected chi connectivity index (χ4v) is 2.35. The van der Waals surface area contributed by atoms with Crippen LogP contribution in [-0.2, 0) is 6.54 Å². The Hall–Kier alpha value is -2.54. The van der Waals surface area contributed by atoms with Gasteiger partial charge in [0.05, 0.1) is 28.2 Å². The fourth-order valence-electron chi connectivity index (χ4n) is 2.00. The molecule has 0 radical (unpaired) electrons. The van der Waals surface area contributed by atoms with Crippen LogP contribution in [0.5, 0.6) is 0 Å². The highest BCUT2D eigenvalue weighted by molar-refractivity contribution is 6.38. The Morgan fingerprint density at radius 2 is 2.14 bits per heavy atom. The van der Waals surface area contributed by atoms with Gasteiger partial charge < -0.3 is 16.6 Å². The zero-order valence-electron chi connectivity index (χ0n) is 12.2. The number of aryl methyl sites for hydroxylation is 1. The Balaban J connectivity index is 2.50. The molecule has 2 aromatic heterocycles. The minimum absolute atomic E-state index is 0.0537. The van der Waals surface area contributed by atoms with Gasteiger partial charge in [-0.2, -0.15) is 5.10 Å². The first-order valence-corrected chi connectivity index (χ1v) is 6.82. The monoisotopic (exact) mass is 321 g/mol. The van der Waals surface area contributed by atoms with Gasteiger partial charge in [0.15, 0.2) is 5.65 Å². The summed E-state index contributed by atoms with van der Waals surface area (Å²) in [5.74, 6) is -1.13. The molecule has 0 atom stereocenters. The molecule has 116 valence electrons. The van der Waals surface area contributed by atoms with Crippen molar-refractivity contribution in [1.29, 1.82) is 0 Å². The van der Waals surface area contributed by atoms with Crippen molar-refractivity contribution in [2.75, 3.05) is 0 Å². The molecule has 7 nitrogen and oxygen atoms in total. The lowest BCUT2D eigenvalue weighted by Gasteiger charge is -2.04. The normalized spacial score (nSPS) is 12.9. The van der Waals surface area contributed by atoms with Crippen molar-refractivity contribution in [2.24, 2.45) is 11.5 Å². The number of halogens is 1. The van der Waals surface area contributed by atoms with Gasteiger partial charge in [-0.05, 0) is 26.0 Å². The van der Waals surface area contributed by atoms with Crippen LogP contribution in [0.25, 0.3) is 11.0 Å². The molecule has 2 heterocycles. The van der Waals surface area contributed by atoms with Crippen LogP contribution in [-0.4, -0.2) is 25.8 Å². The van der Waals surface area contributed by atoms with Gasteiger partial charge in [-0.25, -0.2) is 14.5 Å². The number of hydrogen-bond acceptors (Lipinski definition) is 5. The highest BCUT2D eigenvalue weighted by Crippen LogP contribution is 2.28. The molecule has 0 unspecified atom stereocenters. The number of pyridine rings is 1. The lowest BCUT2D eigenvalue weighted by atomic mass is 10.2. The standard InChI is InChI=1S/C14H16ClN5O2/c1-7(16)3-4-9(17)6-20-13-11(8(2)19-20)12(15)10(5-18-13)14(21)22/h3-5H,6,16-17H2,1-2H3,(H,21,22)/b7-3-,9-4-. The zero-order chi connectivity index (χ0) is 16.4. The molecule has 2 aromatic rings. The lowest BCUT2D eigenvalue weighted by molar-refractivity contribution is 0.0697. The summed E-state index contributed by atoms with van der Waals surface area (Å²) < 4.78 is 1.58. The van der Waals surface area contributed by atoms with Crippen LogP contribution in [0.15, 0.2) is 29.7 Å². The first-order valence-electron chi connectivity index (χ1n) is 6.44. The van der Waals surface area contributed by atoms with Gasteiger partial charge >= 0.3 is 5.97 Å². The zero-order valence-corrected chi connectivity index (χ0v) is 12.9. The van der Waals surface area contributed by atoms with Crippen LogP contribution in [0.1, 0.15) is 23.0 Å². The molecule has 0 aliphatic heterocycles. The summed E-state index contributed by atoms with van der Waals surface area (Å²) in [6.45, 7) is 3.79. The Labute approximate surface area is 131 Å². The molecule has 0 aliphatic carbocycles. The van der Waals surface area contributed by atoms with E-state index in [-0.39, 0.29) is 10.6 Å². The van der Waals surface area contributed by atoms with E-state index in [9.17, 15) is 4.79 Å². The molecular weight excluding hydrogens is 306 g/mol. The number of carboxylic acid groups (broad SMARTS) is 1. The molecule has 0 spiro atoms. The second-order valence-corrected chi connectivity index (χ2v) is 5.26. The topological polar surface area (TPSA) is 120 Å². The number of nitrogens with zero attached hydrogens (tertiary/aromatic N) is 3. The van der Waals surface area contributed by atoms with E-state index < -0.39 is 5.97 Å². The number of aromatic carboxylic acids is 1. The summed E-state index contributed by atoms with van der Waals surface area (Å²) in [5.41, 5.74) is 13.7. The molecule has 0 aliphatic rings. The summed E-state index contributed by atoms with van der Waals surface area (Å²) in [5, 5.41) is 14.1. The molecule has 8 heteroatoms. The predicted octanol–water partition coefficient (Wildman–Crippen LogP) is 1.80. The molecule has 0 saturated heterocycles. The average molecular weight is 322 g/mol. The largest absolute Gasteiger partial charge is 0.478 e. The van der Waals surface area contributed by atoms with E-state index in [1.54, 1.807) is 30.7 Å². The van der Waals surface area contributed by atoms with E-state index in [2.05, 4.69) is 10.1 Å². The van der Waals surface area contributed by atoms with Crippen LogP contribution in [0, 0.1) is 6.92 Å². The van der Waals surface area contributed by atoms with Crippen LogP contribution in [0.2, 0.25) is 5.02 Å². The second kappa shape index (κ2) is 6.07. The molecule has 0 bridgehead atoms. The number of aromatic nitrogens is 3. The van der Waals surface area contributed by atoms with Gasteiger partial charge in [0.1, 0.15) is 0 Å². The van der Waals surface area contributed by atoms with E-state index >= 15 is 0 Å². The minimum Gasteiger partial charge on any atom is -0.478 e. The number of allylic oxidation sites excluding steroid dienone is 4. The van der Waals surface area contributed by atoms with Gasteiger partial charge in [-0.15, -0.1) is 0 Å². The van der Waals surface area contributed by atoms with E-state index in [1.807, 2.05) is 0 Å².